The first-order valence-corrected chi connectivity index (χ1v) is 10.6. The highest BCUT2D eigenvalue weighted by atomic mass is 16.5. The van der Waals surface area contributed by atoms with Gasteiger partial charge in [0, 0.05) is 38.5 Å². The Balaban J connectivity index is 1.24. The number of pyridine rings is 1. The van der Waals surface area contributed by atoms with E-state index in [2.05, 4.69) is 27.9 Å². The number of carbonyl (C=O) groups excluding carboxylic acids is 1. The zero-order valence-corrected chi connectivity index (χ0v) is 16.6. The molecule has 3 aliphatic rings. The average molecular weight is 372 g/mol. The molecule has 0 radical (unpaired) electrons. The minimum Gasteiger partial charge on any atom is -0.376 e. The van der Waals surface area contributed by atoms with Gasteiger partial charge in [0.25, 0.3) is 0 Å². The number of amides is 1. The summed E-state index contributed by atoms with van der Waals surface area (Å²) in [5.74, 6) is 1.62. The summed E-state index contributed by atoms with van der Waals surface area (Å²) in [6.45, 7) is 4.37. The summed E-state index contributed by atoms with van der Waals surface area (Å²) in [6, 6.07) is 4.01. The molecule has 3 heterocycles. The molecule has 4 rings (SSSR count). The Hall–Kier alpha value is -1.46. The minimum absolute atomic E-state index is 0.186. The lowest BCUT2D eigenvalue weighted by molar-refractivity contribution is -0.152. The Morgan fingerprint density at radius 3 is 2.81 bits per heavy atom. The van der Waals surface area contributed by atoms with E-state index in [0.29, 0.717) is 24.3 Å². The average Bonchev–Trinajstić information content (AvgIpc) is 3.15. The molecule has 1 saturated carbocycles. The van der Waals surface area contributed by atoms with Crippen LogP contribution in [0.3, 0.4) is 0 Å². The second-order valence-corrected chi connectivity index (χ2v) is 8.99. The molecule has 1 amide bonds. The van der Waals surface area contributed by atoms with Crippen molar-refractivity contribution in [2.24, 2.45) is 11.8 Å². The van der Waals surface area contributed by atoms with Crippen LogP contribution in [0.1, 0.15) is 50.5 Å². The zero-order valence-electron chi connectivity index (χ0n) is 16.6. The van der Waals surface area contributed by atoms with E-state index in [9.17, 15) is 4.79 Å². The van der Waals surface area contributed by atoms with Crippen LogP contribution < -0.4 is 0 Å². The lowest BCUT2D eigenvalue weighted by Crippen LogP contribution is -2.72. The Morgan fingerprint density at radius 2 is 2.07 bits per heavy atom. The number of likely N-dealkylation sites (tertiary alicyclic amines) is 2. The predicted molar refractivity (Wildman–Crippen MR) is 105 cm³/mol. The lowest BCUT2D eigenvalue weighted by Gasteiger charge is -2.58. The molecule has 1 atom stereocenters. The maximum atomic E-state index is 12.6. The summed E-state index contributed by atoms with van der Waals surface area (Å²) in [4.78, 5) is 21.3. The standard InChI is InChI=1S/C22H33N3O2/c1-24-10-8-19(14-27-15-20-7-4-9-23-13-20)12-22(24)16-25(17-22)21(26)11-18-5-2-3-6-18/h4,7,9,13,18-19H,2-3,5-6,8,10-12,14-17H2,1H3. The molecular weight excluding hydrogens is 338 g/mol. The van der Waals surface area contributed by atoms with Crippen molar-refractivity contribution in [3.63, 3.8) is 0 Å². The molecule has 1 aliphatic carbocycles. The first-order valence-electron chi connectivity index (χ1n) is 10.6. The molecule has 1 aromatic heterocycles. The maximum absolute atomic E-state index is 12.6. The van der Waals surface area contributed by atoms with Crippen molar-refractivity contribution in [2.75, 3.05) is 33.3 Å². The molecule has 3 fully saturated rings. The van der Waals surface area contributed by atoms with Crippen molar-refractivity contribution in [2.45, 2.75) is 57.1 Å². The van der Waals surface area contributed by atoms with Crippen molar-refractivity contribution in [1.82, 2.24) is 14.8 Å². The van der Waals surface area contributed by atoms with Crippen LogP contribution in [-0.2, 0) is 16.1 Å². The van der Waals surface area contributed by atoms with Gasteiger partial charge in [0.2, 0.25) is 5.91 Å². The van der Waals surface area contributed by atoms with Crippen LogP contribution in [0.4, 0.5) is 0 Å². The van der Waals surface area contributed by atoms with Gasteiger partial charge in [0.05, 0.1) is 12.1 Å². The van der Waals surface area contributed by atoms with Crippen molar-refractivity contribution in [1.29, 1.82) is 0 Å². The van der Waals surface area contributed by atoms with Crippen LogP contribution in [0, 0.1) is 11.8 Å². The van der Waals surface area contributed by atoms with E-state index in [1.807, 2.05) is 12.3 Å². The van der Waals surface area contributed by atoms with Gasteiger partial charge < -0.3 is 9.64 Å². The summed E-state index contributed by atoms with van der Waals surface area (Å²) in [5.41, 5.74) is 1.32. The Labute approximate surface area is 163 Å². The van der Waals surface area contributed by atoms with Crippen molar-refractivity contribution < 1.29 is 9.53 Å². The fourth-order valence-corrected chi connectivity index (χ4v) is 5.18. The van der Waals surface area contributed by atoms with Gasteiger partial charge in [-0.25, -0.2) is 0 Å². The molecule has 5 nitrogen and oxygen atoms in total. The predicted octanol–water partition coefficient (Wildman–Crippen LogP) is 3.10. The lowest BCUT2D eigenvalue weighted by atomic mass is 9.75. The van der Waals surface area contributed by atoms with Gasteiger partial charge >= 0.3 is 0 Å². The topological polar surface area (TPSA) is 45.7 Å². The summed E-state index contributed by atoms with van der Waals surface area (Å²) in [6.07, 6.45) is 11.9. The fourth-order valence-electron chi connectivity index (χ4n) is 5.18. The number of likely N-dealkylation sites (N-methyl/N-ethyl adjacent to an activating group) is 1. The molecule has 1 unspecified atom stereocenters. The molecule has 0 bridgehead atoms. The third-order valence-corrected chi connectivity index (χ3v) is 6.96. The van der Waals surface area contributed by atoms with Crippen LogP contribution in [0.5, 0.6) is 0 Å². The number of ether oxygens (including phenoxy) is 1. The van der Waals surface area contributed by atoms with E-state index in [0.717, 1.165) is 44.6 Å². The molecule has 1 spiro atoms. The van der Waals surface area contributed by atoms with Crippen LogP contribution in [0.15, 0.2) is 24.5 Å². The number of carbonyl (C=O) groups is 1. The fraction of sp³-hybridized carbons (Fsp3) is 0.727. The summed E-state index contributed by atoms with van der Waals surface area (Å²) >= 11 is 0. The van der Waals surface area contributed by atoms with Gasteiger partial charge in [-0.2, -0.15) is 0 Å². The van der Waals surface area contributed by atoms with Crippen molar-refractivity contribution in [3.05, 3.63) is 30.1 Å². The number of aromatic nitrogens is 1. The molecule has 5 heteroatoms. The van der Waals surface area contributed by atoms with Crippen LogP contribution in [0.2, 0.25) is 0 Å². The SMILES string of the molecule is CN1CCC(COCc2cccnc2)CC12CN(C(=O)CC1CCCC1)C2. The van der Waals surface area contributed by atoms with Gasteiger partial charge in [0.1, 0.15) is 0 Å². The van der Waals surface area contributed by atoms with Crippen LogP contribution in [-0.4, -0.2) is 59.5 Å². The first kappa shape index (κ1) is 18.9. The first-order chi connectivity index (χ1) is 13.1. The monoisotopic (exact) mass is 371 g/mol. The van der Waals surface area contributed by atoms with Gasteiger partial charge in [-0.3, -0.25) is 14.7 Å². The molecular formula is C22H33N3O2. The van der Waals surface area contributed by atoms with Crippen molar-refractivity contribution in [3.8, 4) is 0 Å². The highest BCUT2D eigenvalue weighted by Gasteiger charge is 2.50. The van der Waals surface area contributed by atoms with Gasteiger partial charge in [0.15, 0.2) is 0 Å². The summed E-state index contributed by atoms with van der Waals surface area (Å²) < 4.78 is 5.98. The number of rotatable bonds is 6. The van der Waals surface area contributed by atoms with E-state index >= 15 is 0 Å². The molecule has 2 aliphatic heterocycles. The van der Waals surface area contributed by atoms with Crippen LogP contribution in [0.25, 0.3) is 0 Å². The third-order valence-electron chi connectivity index (χ3n) is 6.96. The van der Waals surface area contributed by atoms with E-state index < -0.39 is 0 Å². The Morgan fingerprint density at radius 1 is 1.26 bits per heavy atom. The van der Waals surface area contributed by atoms with E-state index in [1.54, 1.807) is 6.20 Å². The molecule has 27 heavy (non-hydrogen) atoms. The van der Waals surface area contributed by atoms with Gasteiger partial charge in [-0.15, -0.1) is 0 Å². The zero-order chi connectivity index (χ0) is 18.7. The maximum Gasteiger partial charge on any atom is 0.222 e. The van der Waals surface area contributed by atoms with Crippen molar-refractivity contribution >= 4 is 5.91 Å². The van der Waals surface area contributed by atoms with Gasteiger partial charge in [-0.05, 0) is 62.7 Å². The molecule has 0 aromatic carbocycles. The number of nitrogens with zero attached hydrogens (tertiary/aromatic N) is 3. The number of piperidine rings is 1. The molecule has 1 aromatic rings. The van der Waals surface area contributed by atoms with E-state index in [1.165, 1.54) is 32.1 Å². The molecule has 148 valence electrons. The third kappa shape index (κ3) is 4.35. The van der Waals surface area contributed by atoms with Crippen LogP contribution >= 0.6 is 0 Å². The Kier molecular flexibility index (Phi) is 5.79. The highest BCUT2D eigenvalue weighted by Crippen LogP contribution is 2.39. The van der Waals surface area contributed by atoms with E-state index in [-0.39, 0.29) is 5.54 Å². The minimum atomic E-state index is 0.186. The molecule has 0 N–H and O–H groups in total. The second kappa shape index (κ2) is 8.27. The number of hydrogen-bond acceptors (Lipinski definition) is 4. The summed E-state index contributed by atoms with van der Waals surface area (Å²) in [5, 5.41) is 0. The Bertz CT molecular complexity index is 624. The normalized spacial score (nSPS) is 25.7. The smallest absolute Gasteiger partial charge is 0.222 e. The van der Waals surface area contributed by atoms with E-state index in [4.69, 9.17) is 4.74 Å². The summed E-state index contributed by atoms with van der Waals surface area (Å²) in [7, 11) is 2.23. The quantitative estimate of drug-likeness (QED) is 0.771. The number of hydrogen-bond donors (Lipinski definition) is 0. The highest BCUT2D eigenvalue weighted by molar-refractivity contribution is 5.77. The molecule has 2 saturated heterocycles. The van der Waals surface area contributed by atoms with Gasteiger partial charge in [-0.1, -0.05) is 18.9 Å². The largest absolute Gasteiger partial charge is 0.376 e. The second-order valence-electron chi connectivity index (χ2n) is 8.99.